The monoisotopic (exact) mass is 609 g/mol. The molecular formula is C33H43N3O6S. The van der Waals surface area contributed by atoms with Crippen LogP contribution in [-0.4, -0.2) is 73.7 Å². The van der Waals surface area contributed by atoms with Gasteiger partial charge < -0.3 is 9.64 Å². The summed E-state index contributed by atoms with van der Waals surface area (Å²) in [5.74, 6) is 0.827. The molecule has 0 saturated carbocycles. The number of hydrogen-bond donors (Lipinski definition) is 2. The zero-order chi connectivity index (χ0) is 31.1. The minimum absolute atomic E-state index is 0.0182. The highest BCUT2D eigenvalue weighted by atomic mass is 32.2. The van der Waals surface area contributed by atoms with Gasteiger partial charge in [-0.1, -0.05) is 43.4 Å². The topological polar surface area (TPSA) is 106 Å². The lowest BCUT2D eigenvalue weighted by Gasteiger charge is -2.33. The van der Waals surface area contributed by atoms with E-state index in [-0.39, 0.29) is 66.6 Å². The molecule has 3 aliphatic rings. The summed E-state index contributed by atoms with van der Waals surface area (Å²) in [6.45, 7) is 8.63. The van der Waals surface area contributed by atoms with Crippen LogP contribution in [0.3, 0.4) is 0 Å². The fourth-order valence-corrected chi connectivity index (χ4v) is 6.62. The Balaban J connectivity index is 1.63. The minimum atomic E-state index is -0.610. The van der Waals surface area contributed by atoms with Crippen molar-refractivity contribution in [1.29, 1.82) is 0 Å². The molecule has 9 nitrogen and oxygen atoms in total. The van der Waals surface area contributed by atoms with Crippen LogP contribution in [0.1, 0.15) is 34.6 Å². The fraction of sp³-hybridized carbons (Fsp3) is 0.485. The van der Waals surface area contributed by atoms with Crippen molar-refractivity contribution in [3.8, 4) is 0 Å². The van der Waals surface area contributed by atoms with Crippen LogP contribution < -0.4 is 15.9 Å². The summed E-state index contributed by atoms with van der Waals surface area (Å²) in [6.07, 6.45) is 12.4. The van der Waals surface area contributed by atoms with Crippen LogP contribution in [0.25, 0.3) is 0 Å². The zero-order valence-electron chi connectivity index (χ0n) is 25.7. The Bertz CT molecular complexity index is 1290. The lowest BCUT2D eigenvalue weighted by atomic mass is 9.78. The standard InChI is InChI=1S/C33H43N3O6S/c1-7-43-27-12-10-26(11-13-27)36-30-14-8-24(32(39)22(4)34-41-18-20(2)37)16-28(30)29-17-25(9-15-31(29)36)33(40-6)23(5)35-42-19-21(3)38/h8-17,22-23,28-31,33-35H,7,18-19H2,1-6H3. The van der Waals surface area contributed by atoms with E-state index in [4.69, 9.17) is 14.4 Å². The number of nitrogens with one attached hydrogen (secondary N) is 2. The number of ketones is 3. The number of carbonyl (C=O) groups excluding carboxylic acids is 3. The molecular weight excluding hydrogens is 566 g/mol. The molecule has 0 bridgehead atoms. The first kappa shape index (κ1) is 33.0. The Morgan fingerprint density at radius 2 is 1.51 bits per heavy atom. The van der Waals surface area contributed by atoms with Crippen molar-refractivity contribution >= 4 is 34.8 Å². The predicted molar refractivity (Wildman–Crippen MR) is 169 cm³/mol. The number of methoxy groups -OCH3 is 1. The van der Waals surface area contributed by atoms with Crippen LogP contribution in [0, 0.1) is 11.8 Å². The maximum absolute atomic E-state index is 13.4. The van der Waals surface area contributed by atoms with Gasteiger partial charge in [-0.25, -0.2) is 0 Å². The van der Waals surface area contributed by atoms with Crippen molar-refractivity contribution < 1.29 is 28.8 Å². The lowest BCUT2D eigenvalue weighted by molar-refractivity contribution is -0.129. The highest BCUT2D eigenvalue weighted by molar-refractivity contribution is 7.99. The van der Waals surface area contributed by atoms with Crippen LogP contribution in [-0.2, 0) is 28.8 Å². The molecule has 0 radical (unpaired) electrons. The van der Waals surface area contributed by atoms with Crippen molar-refractivity contribution in [2.75, 3.05) is 31.0 Å². The highest BCUT2D eigenvalue weighted by Gasteiger charge is 2.48. The van der Waals surface area contributed by atoms with E-state index in [0.29, 0.717) is 5.57 Å². The Morgan fingerprint density at radius 3 is 2.12 bits per heavy atom. The van der Waals surface area contributed by atoms with E-state index in [0.717, 1.165) is 17.0 Å². The van der Waals surface area contributed by atoms with Gasteiger partial charge in [-0.05, 0) is 63.3 Å². The average molecular weight is 610 g/mol. The normalized spacial score (nSPS) is 24.5. The molecule has 1 heterocycles. The van der Waals surface area contributed by atoms with Gasteiger partial charge in [0.2, 0.25) is 0 Å². The van der Waals surface area contributed by atoms with E-state index >= 15 is 0 Å². The number of thioether (sulfide) groups is 1. The summed E-state index contributed by atoms with van der Waals surface area (Å²) in [4.78, 5) is 50.2. The Kier molecular flexibility index (Phi) is 11.7. The number of fused-ring (bicyclic) bond motifs is 3. The van der Waals surface area contributed by atoms with Crippen LogP contribution in [0.2, 0.25) is 0 Å². The van der Waals surface area contributed by atoms with Crippen LogP contribution in [0.15, 0.2) is 76.8 Å². The quantitative estimate of drug-likeness (QED) is 0.210. The van der Waals surface area contributed by atoms with Crippen LogP contribution >= 0.6 is 11.8 Å². The number of nitrogens with zero attached hydrogens (tertiary/aromatic N) is 1. The van der Waals surface area contributed by atoms with Crippen molar-refractivity contribution in [1.82, 2.24) is 11.0 Å². The second-order valence-corrected chi connectivity index (χ2v) is 12.6. The van der Waals surface area contributed by atoms with Crippen molar-refractivity contribution in [3.63, 3.8) is 0 Å². The molecule has 10 heteroatoms. The van der Waals surface area contributed by atoms with Crippen LogP contribution in [0.5, 0.6) is 0 Å². The zero-order valence-corrected chi connectivity index (χ0v) is 26.6. The number of carbonyl (C=O) groups is 3. The molecule has 1 saturated heterocycles. The summed E-state index contributed by atoms with van der Waals surface area (Å²) >= 11 is 1.81. The average Bonchev–Trinajstić information content (AvgIpc) is 3.30. The number of hydroxylamine groups is 2. The molecule has 4 rings (SSSR count). The van der Waals surface area contributed by atoms with Gasteiger partial charge in [-0.15, -0.1) is 11.8 Å². The van der Waals surface area contributed by atoms with E-state index in [1.807, 2.05) is 24.8 Å². The molecule has 7 unspecified atom stereocenters. The first-order valence-corrected chi connectivity index (χ1v) is 15.7. The van der Waals surface area contributed by atoms with E-state index < -0.39 is 6.04 Å². The van der Waals surface area contributed by atoms with E-state index in [1.54, 1.807) is 14.0 Å². The lowest BCUT2D eigenvalue weighted by Crippen LogP contribution is -2.41. The van der Waals surface area contributed by atoms with Gasteiger partial charge in [0, 0.05) is 35.1 Å². The minimum Gasteiger partial charge on any atom is -0.375 e. The number of Topliss-reactive ketones (excluding diaryl/α,β-unsaturated/α-hetero) is 3. The van der Waals surface area contributed by atoms with Gasteiger partial charge >= 0.3 is 0 Å². The van der Waals surface area contributed by atoms with E-state index in [1.165, 1.54) is 18.7 Å². The molecule has 1 fully saturated rings. The first-order chi connectivity index (χ1) is 20.6. The molecule has 43 heavy (non-hydrogen) atoms. The number of benzene rings is 1. The third-order valence-electron chi connectivity index (χ3n) is 7.83. The van der Waals surface area contributed by atoms with Gasteiger partial charge in [-0.3, -0.25) is 24.1 Å². The van der Waals surface area contributed by atoms with Gasteiger partial charge in [0.15, 0.2) is 17.3 Å². The summed E-state index contributed by atoms with van der Waals surface area (Å²) in [6, 6.07) is 7.98. The summed E-state index contributed by atoms with van der Waals surface area (Å²) in [7, 11) is 1.66. The Hall–Kier alpha value is -2.86. The summed E-state index contributed by atoms with van der Waals surface area (Å²) < 4.78 is 5.89. The molecule has 2 aliphatic carbocycles. The van der Waals surface area contributed by atoms with Gasteiger partial charge in [-0.2, -0.15) is 11.0 Å². The Labute approximate surface area is 258 Å². The Morgan fingerprint density at radius 1 is 0.907 bits per heavy atom. The van der Waals surface area contributed by atoms with E-state index in [2.05, 4.69) is 77.4 Å². The SMILES string of the molecule is CCSc1ccc(N2C3C=CC(C(=O)C(C)NOCC(C)=O)=CC3C3C=C(C(OC)C(C)NOCC(C)=O)C=CC32)cc1. The number of allylic oxidation sites excluding steroid dienone is 1. The van der Waals surface area contributed by atoms with Gasteiger partial charge in [0.25, 0.3) is 0 Å². The predicted octanol–water partition coefficient (Wildman–Crippen LogP) is 4.16. The molecule has 0 amide bonds. The molecule has 0 spiro atoms. The second-order valence-electron chi connectivity index (χ2n) is 11.2. The maximum atomic E-state index is 13.4. The number of rotatable bonds is 16. The number of ether oxygens (including phenoxy) is 1. The maximum Gasteiger partial charge on any atom is 0.181 e. The third-order valence-corrected chi connectivity index (χ3v) is 8.73. The highest BCUT2D eigenvalue weighted by Crippen LogP contribution is 2.46. The first-order valence-electron chi connectivity index (χ1n) is 14.8. The smallest absolute Gasteiger partial charge is 0.181 e. The largest absolute Gasteiger partial charge is 0.375 e. The fourth-order valence-electron chi connectivity index (χ4n) is 5.96. The van der Waals surface area contributed by atoms with Crippen molar-refractivity contribution in [2.24, 2.45) is 11.8 Å². The number of anilines is 1. The van der Waals surface area contributed by atoms with Crippen molar-refractivity contribution in [3.05, 3.63) is 71.9 Å². The second kappa shape index (κ2) is 15.2. The molecule has 1 aromatic carbocycles. The summed E-state index contributed by atoms with van der Waals surface area (Å²) in [5.41, 5.74) is 8.40. The number of hydrogen-bond acceptors (Lipinski definition) is 10. The van der Waals surface area contributed by atoms with E-state index in [9.17, 15) is 14.4 Å². The van der Waals surface area contributed by atoms with Crippen molar-refractivity contribution in [2.45, 2.75) is 69.8 Å². The molecule has 0 aromatic heterocycles. The van der Waals surface area contributed by atoms with Gasteiger partial charge in [0.05, 0.1) is 30.3 Å². The molecule has 7 atom stereocenters. The molecule has 1 aliphatic heterocycles. The summed E-state index contributed by atoms with van der Waals surface area (Å²) in [5, 5.41) is 0. The molecule has 2 N–H and O–H groups in total. The third kappa shape index (κ3) is 8.00. The molecule has 232 valence electrons. The van der Waals surface area contributed by atoms with Crippen LogP contribution in [0.4, 0.5) is 5.69 Å². The van der Waals surface area contributed by atoms with Gasteiger partial charge in [0.1, 0.15) is 13.2 Å². The molecule has 1 aromatic rings.